The zero-order valence-corrected chi connectivity index (χ0v) is 9.47. The number of hydrogen-bond donors (Lipinski definition) is 1. The van der Waals surface area contributed by atoms with Crippen LogP contribution in [0.15, 0.2) is 30.3 Å². The van der Waals surface area contributed by atoms with E-state index in [4.69, 9.17) is 5.11 Å². The van der Waals surface area contributed by atoms with Crippen molar-refractivity contribution < 1.29 is 9.90 Å². The van der Waals surface area contributed by atoms with Gasteiger partial charge in [0.05, 0.1) is 0 Å². The lowest BCUT2D eigenvalue weighted by atomic mass is 9.76. The van der Waals surface area contributed by atoms with E-state index in [1.807, 2.05) is 6.07 Å². The molecule has 1 saturated carbocycles. The standard InChI is InChI=1S/C13H17NO2/c1-14(13(15)16)12-8-11(9-12)7-10-5-3-2-4-6-10/h2-6,11-12H,7-9H2,1H3,(H,15,16). The molecule has 1 aromatic rings. The van der Waals surface area contributed by atoms with Crippen molar-refractivity contribution in [1.29, 1.82) is 0 Å². The summed E-state index contributed by atoms with van der Waals surface area (Å²) in [5, 5.41) is 8.82. The Bertz CT molecular complexity index is 357. The first-order valence-corrected chi connectivity index (χ1v) is 5.66. The Hall–Kier alpha value is -1.51. The third-order valence-corrected chi connectivity index (χ3v) is 3.43. The van der Waals surface area contributed by atoms with E-state index >= 15 is 0 Å². The molecule has 1 aliphatic rings. The first kappa shape index (κ1) is 11.0. The molecule has 1 aromatic carbocycles. The van der Waals surface area contributed by atoms with Crippen molar-refractivity contribution in [2.45, 2.75) is 25.3 Å². The highest BCUT2D eigenvalue weighted by atomic mass is 16.4. The van der Waals surface area contributed by atoms with Crippen LogP contribution in [0.25, 0.3) is 0 Å². The summed E-state index contributed by atoms with van der Waals surface area (Å²) in [6.45, 7) is 0. The fraction of sp³-hybridized carbons (Fsp3) is 0.462. The molecule has 0 aromatic heterocycles. The highest BCUT2D eigenvalue weighted by Crippen LogP contribution is 2.33. The van der Waals surface area contributed by atoms with Crippen LogP contribution >= 0.6 is 0 Å². The van der Waals surface area contributed by atoms with Crippen LogP contribution in [0.3, 0.4) is 0 Å². The normalized spacial score (nSPS) is 23.6. The van der Waals surface area contributed by atoms with Crippen LogP contribution in [0.5, 0.6) is 0 Å². The Morgan fingerprint density at radius 1 is 1.38 bits per heavy atom. The summed E-state index contributed by atoms with van der Waals surface area (Å²) >= 11 is 0. The second-order valence-electron chi connectivity index (χ2n) is 4.57. The molecule has 1 aliphatic carbocycles. The van der Waals surface area contributed by atoms with Crippen molar-refractivity contribution in [3.05, 3.63) is 35.9 Å². The van der Waals surface area contributed by atoms with E-state index in [1.54, 1.807) is 7.05 Å². The fourth-order valence-corrected chi connectivity index (χ4v) is 2.29. The molecular weight excluding hydrogens is 202 g/mol. The second-order valence-corrected chi connectivity index (χ2v) is 4.57. The quantitative estimate of drug-likeness (QED) is 0.849. The minimum atomic E-state index is -0.817. The summed E-state index contributed by atoms with van der Waals surface area (Å²) in [5.41, 5.74) is 1.35. The van der Waals surface area contributed by atoms with Crippen molar-refractivity contribution in [2.24, 2.45) is 5.92 Å². The zero-order chi connectivity index (χ0) is 11.5. The van der Waals surface area contributed by atoms with Gasteiger partial charge in [-0.15, -0.1) is 0 Å². The largest absolute Gasteiger partial charge is 0.465 e. The molecular formula is C13H17NO2. The van der Waals surface area contributed by atoms with E-state index in [0.29, 0.717) is 5.92 Å². The maximum Gasteiger partial charge on any atom is 0.407 e. The molecule has 0 bridgehead atoms. The van der Waals surface area contributed by atoms with Gasteiger partial charge >= 0.3 is 6.09 Å². The number of nitrogens with zero attached hydrogens (tertiary/aromatic N) is 1. The smallest absolute Gasteiger partial charge is 0.407 e. The lowest BCUT2D eigenvalue weighted by Gasteiger charge is -2.40. The van der Waals surface area contributed by atoms with Gasteiger partial charge in [-0.05, 0) is 30.7 Å². The lowest BCUT2D eigenvalue weighted by molar-refractivity contribution is 0.0860. The molecule has 1 N–H and O–H groups in total. The van der Waals surface area contributed by atoms with Crippen LogP contribution in [-0.4, -0.2) is 29.2 Å². The first-order chi connectivity index (χ1) is 7.66. The SMILES string of the molecule is CN(C(=O)O)C1CC(Cc2ccccc2)C1. The molecule has 0 spiro atoms. The van der Waals surface area contributed by atoms with Crippen molar-refractivity contribution in [3.8, 4) is 0 Å². The van der Waals surface area contributed by atoms with Crippen molar-refractivity contribution in [3.63, 3.8) is 0 Å². The number of rotatable bonds is 3. The van der Waals surface area contributed by atoms with E-state index in [0.717, 1.165) is 19.3 Å². The molecule has 0 atom stereocenters. The Morgan fingerprint density at radius 3 is 2.56 bits per heavy atom. The minimum Gasteiger partial charge on any atom is -0.465 e. The van der Waals surface area contributed by atoms with Gasteiger partial charge < -0.3 is 10.0 Å². The molecule has 0 unspecified atom stereocenters. The van der Waals surface area contributed by atoms with Crippen LogP contribution in [0.2, 0.25) is 0 Å². The lowest BCUT2D eigenvalue weighted by Crippen LogP contribution is -2.45. The maximum atomic E-state index is 10.7. The molecule has 0 saturated heterocycles. The highest BCUT2D eigenvalue weighted by molar-refractivity contribution is 5.65. The summed E-state index contributed by atoms with van der Waals surface area (Å²) in [5.74, 6) is 0.647. The Balaban J connectivity index is 1.79. The molecule has 2 rings (SSSR count). The van der Waals surface area contributed by atoms with Crippen LogP contribution in [0.4, 0.5) is 4.79 Å². The Kier molecular flexibility index (Phi) is 3.13. The molecule has 1 fully saturated rings. The second kappa shape index (κ2) is 4.56. The number of carbonyl (C=O) groups is 1. The third-order valence-electron chi connectivity index (χ3n) is 3.43. The summed E-state index contributed by atoms with van der Waals surface area (Å²) in [6, 6.07) is 10.6. The van der Waals surface area contributed by atoms with Crippen LogP contribution in [0.1, 0.15) is 18.4 Å². The average Bonchev–Trinajstić information content (AvgIpc) is 2.23. The molecule has 0 heterocycles. The van der Waals surface area contributed by atoms with Gasteiger partial charge in [0.1, 0.15) is 0 Å². The molecule has 3 heteroatoms. The number of hydrogen-bond acceptors (Lipinski definition) is 1. The average molecular weight is 219 g/mol. The van der Waals surface area contributed by atoms with E-state index in [1.165, 1.54) is 10.5 Å². The zero-order valence-electron chi connectivity index (χ0n) is 9.47. The molecule has 0 radical (unpaired) electrons. The molecule has 3 nitrogen and oxygen atoms in total. The summed E-state index contributed by atoms with van der Waals surface area (Å²) in [6.07, 6.45) is 2.25. The van der Waals surface area contributed by atoms with Crippen molar-refractivity contribution >= 4 is 6.09 Å². The monoisotopic (exact) mass is 219 g/mol. The van der Waals surface area contributed by atoms with Gasteiger partial charge in [0.25, 0.3) is 0 Å². The van der Waals surface area contributed by atoms with E-state index in [9.17, 15) is 4.79 Å². The van der Waals surface area contributed by atoms with Crippen molar-refractivity contribution in [1.82, 2.24) is 4.90 Å². The third kappa shape index (κ3) is 2.35. The van der Waals surface area contributed by atoms with Gasteiger partial charge in [-0.2, -0.15) is 0 Å². The van der Waals surface area contributed by atoms with Gasteiger partial charge in [-0.3, -0.25) is 0 Å². The van der Waals surface area contributed by atoms with E-state index in [2.05, 4.69) is 24.3 Å². The van der Waals surface area contributed by atoms with Gasteiger partial charge in [-0.1, -0.05) is 30.3 Å². The Morgan fingerprint density at radius 2 is 2.00 bits per heavy atom. The minimum absolute atomic E-state index is 0.228. The topological polar surface area (TPSA) is 40.5 Å². The number of amides is 1. The van der Waals surface area contributed by atoms with Gasteiger partial charge in [-0.25, -0.2) is 4.79 Å². The van der Waals surface area contributed by atoms with Gasteiger partial charge in [0.2, 0.25) is 0 Å². The molecule has 86 valence electrons. The molecule has 1 amide bonds. The maximum absolute atomic E-state index is 10.7. The molecule has 16 heavy (non-hydrogen) atoms. The van der Waals surface area contributed by atoms with Gasteiger partial charge in [0.15, 0.2) is 0 Å². The number of carboxylic acid groups (broad SMARTS) is 1. The van der Waals surface area contributed by atoms with Crippen LogP contribution in [-0.2, 0) is 6.42 Å². The van der Waals surface area contributed by atoms with Crippen LogP contribution < -0.4 is 0 Å². The predicted octanol–water partition coefficient (Wildman–Crippen LogP) is 2.62. The van der Waals surface area contributed by atoms with E-state index in [-0.39, 0.29) is 6.04 Å². The van der Waals surface area contributed by atoms with Crippen LogP contribution in [0, 0.1) is 5.92 Å². The van der Waals surface area contributed by atoms with E-state index < -0.39 is 6.09 Å². The highest BCUT2D eigenvalue weighted by Gasteiger charge is 2.33. The molecule has 0 aliphatic heterocycles. The summed E-state index contributed by atoms with van der Waals surface area (Å²) < 4.78 is 0. The van der Waals surface area contributed by atoms with Crippen molar-refractivity contribution in [2.75, 3.05) is 7.05 Å². The number of benzene rings is 1. The Labute approximate surface area is 95.7 Å². The van der Waals surface area contributed by atoms with Gasteiger partial charge in [0, 0.05) is 13.1 Å². The summed E-state index contributed by atoms with van der Waals surface area (Å²) in [7, 11) is 1.66. The summed E-state index contributed by atoms with van der Waals surface area (Å²) in [4.78, 5) is 12.2. The first-order valence-electron chi connectivity index (χ1n) is 5.66. The predicted molar refractivity (Wildman–Crippen MR) is 62.4 cm³/mol. The fourth-order valence-electron chi connectivity index (χ4n) is 2.29.